The molecule has 7 nitrogen and oxygen atoms in total. The molecule has 9 heteroatoms. The molecule has 124 valence electrons. The zero-order chi connectivity index (χ0) is 17.0. The van der Waals surface area contributed by atoms with Crippen LogP contribution in [-0.4, -0.2) is 53.9 Å². The maximum Gasteiger partial charge on any atom is 0.280 e. The first-order valence-electron chi connectivity index (χ1n) is 7.00. The predicted octanol–water partition coefficient (Wildman–Crippen LogP) is 1.82. The summed E-state index contributed by atoms with van der Waals surface area (Å²) in [6.07, 6.45) is 0. The molecule has 0 unspecified atom stereocenters. The van der Waals surface area contributed by atoms with E-state index in [4.69, 9.17) is 0 Å². The van der Waals surface area contributed by atoms with Crippen LogP contribution in [0.3, 0.4) is 0 Å². The molecule has 0 saturated carbocycles. The van der Waals surface area contributed by atoms with Crippen LogP contribution >= 0.6 is 22.7 Å². The van der Waals surface area contributed by atoms with Gasteiger partial charge in [0.2, 0.25) is 5.91 Å². The summed E-state index contributed by atoms with van der Waals surface area (Å²) >= 11 is 2.65. The number of hydrogen-bond donors (Lipinski definition) is 2. The van der Waals surface area contributed by atoms with Crippen LogP contribution in [0.15, 0.2) is 5.38 Å². The second kappa shape index (κ2) is 7.62. The first kappa shape index (κ1) is 17.5. The fourth-order valence-corrected chi connectivity index (χ4v) is 3.56. The van der Waals surface area contributed by atoms with Crippen molar-refractivity contribution in [3.05, 3.63) is 16.1 Å². The van der Waals surface area contributed by atoms with Gasteiger partial charge in [-0.05, 0) is 21.0 Å². The Hall–Kier alpha value is -1.84. The van der Waals surface area contributed by atoms with Crippen LogP contribution in [0.5, 0.6) is 0 Å². The number of anilines is 1. The van der Waals surface area contributed by atoms with Crippen molar-refractivity contribution in [1.29, 1.82) is 0 Å². The largest absolute Gasteiger partial charge is 0.349 e. The van der Waals surface area contributed by atoms with Crippen molar-refractivity contribution in [2.45, 2.75) is 13.8 Å². The van der Waals surface area contributed by atoms with Crippen molar-refractivity contribution in [1.82, 2.24) is 20.2 Å². The molecule has 2 aromatic rings. The number of carbonyl (C=O) groups is 2. The molecule has 0 radical (unpaired) electrons. The molecule has 2 rings (SSSR count). The Bertz CT molecular complexity index is 708. The van der Waals surface area contributed by atoms with Crippen molar-refractivity contribution in [3.8, 4) is 10.6 Å². The third-order valence-corrected chi connectivity index (χ3v) is 4.79. The SMILES string of the molecule is CC(=O)Nc1nc(C)c(-c2csc(C(=O)NCCN(C)C)n2)s1. The Kier molecular flexibility index (Phi) is 5.80. The molecule has 0 aliphatic heterocycles. The maximum atomic E-state index is 12.1. The highest BCUT2D eigenvalue weighted by molar-refractivity contribution is 7.19. The van der Waals surface area contributed by atoms with Crippen LogP contribution in [0, 0.1) is 6.92 Å². The number of likely N-dealkylation sites (N-methyl/N-ethyl adjacent to an activating group) is 1. The lowest BCUT2D eigenvalue weighted by Crippen LogP contribution is -2.31. The van der Waals surface area contributed by atoms with Crippen LogP contribution in [-0.2, 0) is 4.79 Å². The van der Waals surface area contributed by atoms with Crippen molar-refractivity contribution >= 4 is 39.6 Å². The number of rotatable bonds is 6. The number of nitrogens with zero attached hydrogens (tertiary/aromatic N) is 3. The van der Waals surface area contributed by atoms with E-state index >= 15 is 0 Å². The fraction of sp³-hybridized carbons (Fsp3) is 0.429. The standard InChI is InChI=1S/C14H19N5O2S2/c1-8-11(23-14(16-8)17-9(2)20)10-7-22-13(18-10)12(21)15-5-6-19(3)4/h7H,5-6H2,1-4H3,(H,15,21)(H,16,17,20). The highest BCUT2D eigenvalue weighted by atomic mass is 32.1. The number of aromatic nitrogens is 2. The van der Waals surface area contributed by atoms with Crippen molar-refractivity contribution in [2.75, 3.05) is 32.5 Å². The number of nitrogens with one attached hydrogen (secondary N) is 2. The zero-order valence-corrected chi connectivity index (χ0v) is 15.1. The average Bonchev–Trinajstić information content (AvgIpc) is 3.04. The molecule has 2 aromatic heterocycles. The monoisotopic (exact) mass is 353 g/mol. The van der Waals surface area contributed by atoms with E-state index in [-0.39, 0.29) is 11.8 Å². The number of carbonyl (C=O) groups excluding carboxylic acids is 2. The summed E-state index contributed by atoms with van der Waals surface area (Å²) < 4.78 is 0. The van der Waals surface area contributed by atoms with Gasteiger partial charge in [0.25, 0.3) is 5.91 Å². The second-order valence-corrected chi connectivity index (χ2v) is 7.07. The quantitative estimate of drug-likeness (QED) is 0.827. The third-order valence-electron chi connectivity index (χ3n) is 2.86. The molecule has 0 aliphatic carbocycles. The van der Waals surface area contributed by atoms with Crippen LogP contribution in [0.4, 0.5) is 5.13 Å². The minimum absolute atomic E-state index is 0.162. The summed E-state index contributed by atoms with van der Waals surface area (Å²) in [4.78, 5) is 34.7. The highest BCUT2D eigenvalue weighted by Gasteiger charge is 2.16. The third kappa shape index (κ3) is 4.81. The van der Waals surface area contributed by atoms with E-state index in [2.05, 4.69) is 20.6 Å². The van der Waals surface area contributed by atoms with Gasteiger partial charge in [-0.25, -0.2) is 9.97 Å². The first-order valence-corrected chi connectivity index (χ1v) is 8.70. The predicted molar refractivity (Wildman–Crippen MR) is 93.1 cm³/mol. The Balaban J connectivity index is 2.08. The van der Waals surface area contributed by atoms with Gasteiger partial charge in [-0.3, -0.25) is 9.59 Å². The molecule has 0 spiro atoms. The summed E-state index contributed by atoms with van der Waals surface area (Å²) in [5.41, 5.74) is 1.49. The molecule has 0 aromatic carbocycles. The summed E-state index contributed by atoms with van der Waals surface area (Å²) in [6.45, 7) is 4.65. The van der Waals surface area contributed by atoms with Crippen LogP contribution in [0.2, 0.25) is 0 Å². The van der Waals surface area contributed by atoms with E-state index in [0.29, 0.717) is 22.4 Å². The lowest BCUT2D eigenvalue weighted by molar-refractivity contribution is -0.114. The highest BCUT2D eigenvalue weighted by Crippen LogP contribution is 2.33. The Morgan fingerprint density at radius 1 is 1.30 bits per heavy atom. The van der Waals surface area contributed by atoms with Crippen molar-refractivity contribution < 1.29 is 9.59 Å². The molecule has 2 N–H and O–H groups in total. The van der Waals surface area contributed by atoms with E-state index in [1.165, 1.54) is 29.6 Å². The molecule has 0 saturated heterocycles. The first-order chi connectivity index (χ1) is 10.9. The summed E-state index contributed by atoms with van der Waals surface area (Å²) in [5.74, 6) is -0.336. The molecule has 23 heavy (non-hydrogen) atoms. The minimum atomic E-state index is -0.174. The van der Waals surface area contributed by atoms with Crippen LogP contribution < -0.4 is 10.6 Å². The molecule has 2 amide bonds. The van der Waals surface area contributed by atoms with E-state index in [1.54, 1.807) is 0 Å². The number of thiazole rings is 2. The van der Waals surface area contributed by atoms with E-state index in [9.17, 15) is 9.59 Å². The summed E-state index contributed by atoms with van der Waals surface area (Å²) in [7, 11) is 3.90. The van der Waals surface area contributed by atoms with Gasteiger partial charge in [-0.2, -0.15) is 0 Å². The molecule has 2 heterocycles. The number of amides is 2. The second-order valence-electron chi connectivity index (χ2n) is 5.21. The summed E-state index contributed by atoms with van der Waals surface area (Å²) in [5, 5.41) is 8.30. The van der Waals surface area contributed by atoms with Crippen molar-refractivity contribution in [3.63, 3.8) is 0 Å². The smallest absolute Gasteiger partial charge is 0.280 e. The zero-order valence-electron chi connectivity index (χ0n) is 13.5. The van der Waals surface area contributed by atoms with Gasteiger partial charge < -0.3 is 15.5 Å². The molecule has 0 fully saturated rings. The summed E-state index contributed by atoms with van der Waals surface area (Å²) in [6, 6.07) is 0. The molecular weight excluding hydrogens is 334 g/mol. The van der Waals surface area contributed by atoms with E-state index in [1.807, 2.05) is 31.3 Å². The Morgan fingerprint density at radius 2 is 2.04 bits per heavy atom. The maximum absolute atomic E-state index is 12.1. The number of aryl methyl sites for hydroxylation is 1. The van der Waals surface area contributed by atoms with E-state index in [0.717, 1.165) is 17.1 Å². The van der Waals surface area contributed by atoms with Gasteiger partial charge in [-0.15, -0.1) is 11.3 Å². The average molecular weight is 353 g/mol. The van der Waals surface area contributed by atoms with Gasteiger partial charge in [0.05, 0.1) is 16.3 Å². The minimum Gasteiger partial charge on any atom is -0.349 e. The van der Waals surface area contributed by atoms with Crippen LogP contribution in [0.1, 0.15) is 22.4 Å². The molecule has 0 bridgehead atoms. The normalized spacial score (nSPS) is 10.8. The van der Waals surface area contributed by atoms with Crippen molar-refractivity contribution in [2.24, 2.45) is 0 Å². The van der Waals surface area contributed by atoms with Gasteiger partial charge in [0.15, 0.2) is 10.1 Å². The van der Waals surface area contributed by atoms with Crippen LogP contribution in [0.25, 0.3) is 10.6 Å². The lowest BCUT2D eigenvalue weighted by Gasteiger charge is -2.09. The molecule has 0 aliphatic rings. The molecular formula is C14H19N5O2S2. The topological polar surface area (TPSA) is 87.2 Å². The molecule has 0 atom stereocenters. The van der Waals surface area contributed by atoms with Gasteiger partial charge in [0, 0.05) is 25.4 Å². The van der Waals surface area contributed by atoms with Gasteiger partial charge in [-0.1, -0.05) is 11.3 Å². The number of hydrogen-bond acceptors (Lipinski definition) is 7. The lowest BCUT2D eigenvalue weighted by atomic mass is 10.3. The Labute approximate surface area is 142 Å². The van der Waals surface area contributed by atoms with Gasteiger partial charge >= 0.3 is 0 Å². The van der Waals surface area contributed by atoms with Gasteiger partial charge in [0.1, 0.15) is 0 Å². The fourth-order valence-electron chi connectivity index (χ4n) is 1.79. The van der Waals surface area contributed by atoms with E-state index < -0.39 is 0 Å². The Morgan fingerprint density at radius 3 is 2.70 bits per heavy atom.